The predicted octanol–water partition coefficient (Wildman–Crippen LogP) is 4.79. The molecule has 0 amide bonds. The normalized spacial score (nSPS) is 15.6. The lowest BCUT2D eigenvalue weighted by molar-refractivity contribution is -0.260. The lowest BCUT2D eigenvalue weighted by Gasteiger charge is -2.21. The zero-order chi connectivity index (χ0) is 15.9. The summed E-state index contributed by atoms with van der Waals surface area (Å²) in [5.74, 6) is -6.08. The third-order valence-corrected chi connectivity index (χ3v) is 1.68. The molecule has 0 atom stereocenters. The van der Waals surface area contributed by atoms with E-state index >= 15 is 0 Å². The van der Waals surface area contributed by atoms with E-state index in [1.54, 1.807) is 0 Å². The van der Waals surface area contributed by atoms with E-state index < -0.39 is 41.7 Å². The molecule has 19 heavy (non-hydrogen) atoms. The van der Waals surface area contributed by atoms with Crippen molar-refractivity contribution in [1.82, 2.24) is 0 Å². The number of allylic oxidation sites excluding steroid dienone is 3. The fourth-order valence-electron chi connectivity index (χ4n) is 0.756. The summed E-state index contributed by atoms with van der Waals surface area (Å²) in [6.45, 7) is 1.85. The summed E-state index contributed by atoms with van der Waals surface area (Å²) in [5.41, 5.74) is -6.04. The zero-order valence-electron chi connectivity index (χ0n) is 8.44. The van der Waals surface area contributed by atoms with Gasteiger partial charge in [0.25, 0.3) is 0 Å². The third kappa shape index (κ3) is 4.39. The first kappa shape index (κ1) is 17.7. The van der Waals surface area contributed by atoms with Crippen LogP contribution in [0.4, 0.5) is 48.3 Å². The maximum absolute atomic E-state index is 12.3. The van der Waals surface area contributed by atoms with Crippen LogP contribution in [0.15, 0.2) is 23.8 Å². The van der Waals surface area contributed by atoms with Gasteiger partial charge in [0.05, 0.1) is 11.1 Å². The molecule has 0 unspecified atom stereocenters. The molecule has 0 aliphatic rings. The molecule has 0 aromatic heterocycles. The molecule has 0 aliphatic heterocycles. The van der Waals surface area contributed by atoms with Gasteiger partial charge in [0.1, 0.15) is 0 Å². The van der Waals surface area contributed by atoms with Crippen molar-refractivity contribution in [3.63, 3.8) is 0 Å². The molecule has 0 bridgehead atoms. The number of rotatable bonds is 2. The molecule has 11 heteroatoms. The average Bonchev–Trinajstić information content (AvgIpc) is 2.07. The van der Waals surface area contributed by atoms with Crippen molar-refractivity contribution in [1.29, 1.82) is 0 Å². The summed E-state index contributed by atoms with van der Waals surface area (Å²) >= 11 is 0. The molecule has 0 saturated heterocycles. The highest BCUT2D eigenvalue weighted by atomic mass is 19.4. The van der Waals surface area contributed by atoms with Crippen molar-refractivity contribution in [3.8, 4) is 0 Å². The smallest absolute Gasteiger partial charge is 0.191 e. The van der Waals surface area contributed by atoms with Gasteiger partial charge in [-0.2, -0.15) is 48.3 Å². The van der Waals surface area contributed by atoms with Gasteiger partial charge >= 0.3 is 24.5 Å². The maximum atomic E-state index is 12.3. The molecular formula is C8H3F11. The van der Waals surface area contributed by atoms with Crippen molar-refractivity contribution in [2.24, 2.45) is 0 Å². The third-order valence-electron chi connectivity index (χ3n) is 1.68. The Hall–Kier alpha value is -1.29. The number of halogens is 11. The molecule has 0 spiro atoms. The Kier molecular flexibility index (Phi) is 4.36. The zero-order valence-corrected chi connectivity index (χ0v) is 8.44. The van der Waals surface area contributed by atoms with Crippen molar-refractivity contribution < 1.29 is 48.3 Å². The molecule has 0 aromatic carbocycles. The SMILES string of the molecule is C=C(C(=CC(F)(F)C(F)(F)F)C(F)(F)F)C(F)(F)F. The molecule has 0 radical (unpaired) electrons. The van der Waals surface area contributed by atoms with Crippen LogP contribution in [0.3, 0.4) is 0 Å². The highest BCUT2D eigenvalue weighted by Crippen LogP contribution is 2.44. The van der Waals surface area contributed by atoms with E-state index in [1.165, 1.54) is 0 Å². The van der Waals surface area contributed by atoms with Gasteiger partial charge in [-0.3, -0.25) is 0 Å². The van der Waals surface area contributed by atoms with Gasteiger partial charge in [-0.1, -0.05) is 6.58 Å². The average molecular weight is 308 g/mol. The van der Waals surface area contributed by atoms with Crippen LogP contribution in [-0.4, -0.2) is 24.5 Å². The van der Waals surface area contributed by atoms with Gasteiger partial charge in [0.15, 0.2) is 0 Å². The van der Waals surface area contributed by atoms with Crippen molar-refractivity contribution in [3.05, 3.63) is 23.8 Å². The molecule has 0 aromatic rings. The molecule has 0 fully saturated rings. The first-order valence-corrected chi connectivity index (χ1v) is 4.01. The van der Waals surface area contributed by atoms with Crippen LogP contribution in [0.1, 0.15) is 0 Å². The largest absolute Gasteiger partial charge is 0.457 e. The molecule has 0 saturated carbocycles. The summed E-state index contributed by atoms with van der Waals surface area (Å²) in [5, 5.41) is 0. The molecule has 0 heterocycles. The monoisotopic (exact) mass is 308 g/mol. The molecule has 112 valence electrons. The van der Waals surface area contributed by atoms with Gasteiger partial charge in [-0.15, -0.1) is 0 Å². The lowest BCUT2D eigenvalue weighted by Crippen LogP contribution is -2.36. The summed E-state index contributed by atoms with van der Waals surface area (Å²) in [6.07, 6.45) is -20.2. The Bertz CT molecular complexity index is 375. The Morgan fingerprint density at radius 2 is 1.05 bits per heavy atom. The first-order chi connectivity index (χ1) is 8.00. The van der Waals surface area contributed by atoms with Crippen LogP contribution < -0.4 is 0 Å². The fourth-order valence-corrected chi connectivity index (χ4v) is 0.756. The van der Waals surface area contributed by atoms with Crippen molar-refractivity contribution in [2.75, 3.05) is 0 Å². The number of hydrogen-bond donors (Lipinski definition) is 0. The second-order valence-electron chi connectivity index (χ2n) is 3.15. The quantitative estimate of drug-likeness (QED) is 0.508. The Balaban J connectivity index is 5.88. The van der Waals surface area contributed by atoms with E-state index in [9.17, 15) is 48.3 Å². The van der Waals surface area contributed by atoms with E-state index in [4.69, 9.17) is 0 Å². The first-order valence-electron chi connectivity index (χ1n) is 4.01. The van der Waals surface area contributed by atoms with E-state index in [2.05, 4.69) is 0 Å². The highest BCUT2D eigenvalue weighted by Gasteiger charge is 2.58. The summed E-state index contributed by atoms with van der Waals surface area (Å²) in [7, 11) is 0. The second kappa shape index (κ2) is 4.67. The van der Waals surface area contributed by atoms with Crippen LogP contribution in [0, 0.1) is 0 Å². The van der Waals surface area contributed by atoms with Crippen molar-refractivity contribution in [2.45, 2.75) is 24.5 Å². The fraction of sp³-hybridized carbons (Fsp3) is 0.500. The summed E-state index contributed by atoms with van der Waals surface area (Å²) < 4.78 is 132. The minimum Gasteiger partial charge on any atom is -0.191 e. The van der Waals surface area contributed by atoms with Crippen LogP contribution in [0.2, 0.25) is 0 Å². The van der Waals surface area contributed by atoms with Crippen LogP contribution in [-0.2, 0) is 0 Å². The number of hydrogen-bond acceptors (Lipinski definition) is 0. The topological polar surface area (TPSA) is 0 Å². The lowest BCUT2D eigenvalue weighted by atomic mass is 10.0. The highest BCUT2D eigenvalue weighted by molar-refractivity contribution is 5.37. The van der Waals surface area contributed by atoms with E-state index in [1.807, 2.05) is 6.58 Å². The van der Waals surface area contributed by atoms with Gasteiger partial charge in [0, 0.05) is 6.08 Å². The van der Waals surface area contributed by atoms with Crippen molar-refractivity contribution >= 4 is 0 Å². The van der Waals surface area contributed by atoms with Crippen LogP contribution >= 0.6 is 0 Å². The maximum Gasteiger partial charge on any atom is 0.457 e. The summed E-state index contributed by atoms with van der Waals surface area (Å²) in [6, 6.07) is 0. The molecular weight excluding hydrogens is 305 g/mol. The molecule has 0 aliphatic carbocycles. The minimum atomic E-state index is -6.46. The van der Waals surface area contributed by atoms with E-state index in [-0.39, 0.29) is 0 Å². The molecule has 0 nitrogen and oxygen atoms in total. The summed E-state index contributed by atoms with van der Waals surface area (Å²) in [4.78, 5) is 0. The van der Waals surface area contributed by atoms with Gasteiger partial charge in [-0.25, -0.2) is 0 Å². The second-order valence-corrected chi connectivity index (χ2v) is 3.15. The van der Waals surface area contributed by atoms with E-state index in [0.717, 1.165) is 0 Å². The molecule has 0 rings (SSSR count). The predicted molar refractivity (Wildman–Crippen MR) is 40.3 cm³/mol. The van der Waals surface area contributed by atoms with Gasteiger partial charge in [-0.05, 0) is 0 Å². The van der Waals surface area contributed by atoms with Gasteiger partial charge in [0.2, 0.25) is 0 Å². The van der Waals surface area contributed by atoms with Gasteiger partial charge < -0.3 is 0 Å². The standard InChI is InChI=1S/C8H3F11/c1-3(6(11,12)13)4(7(14,15)16)2-5(9,10)8(17,18)19/h2H,1H2. The Labute approximate surface area is 97.7 Å². The minimum absolute atomic E-state index is 1.84. The Morgan fingerprint density at radius 1 is 0.684 bits per heavy atom. The van der Waals surface area contributed by atoms with Crippen LogP contribution in [0.25, 0.3) is 0 Å². The Morgan fingerprint density at radius 3 is 1.26 bits per heavy atom. The van der Waals surface area contributed by atoms with E-state index in [0.29, 0.717) is 0 Å². The number of alkyl halides is 11. The van der Waals surface area contributed by atoms with Crippen LogP contribution in [0.5, 0.6) is 0 Å². The molecule has 0 N–H and O–H groups in total.